The van der Waals surface area contributed by atoms with Crippen molar-refractivity contribution < 1.29 is 14.4 Å². The highest BCUT2D eigenvalue weighted by molar-refractivity contribution is 7.15. The van der Waals surface area contributed by atoms with E-state index in [1.54, 1.807) is 17.0 Å². The SMILES string of the molecule is CC(=O)N[C@@H]1CN(C(=O)c2ccc(C(C)=O)s2)C[C@H]1c1ccc(C)cc1. The number of carbonyl (C=O) groups excluding carboxylic acids is 3. The lowest BCUT2D eigenvalue weighted by Crippen LogP contribution is -2.39. The summed E-state index contributed by atoms with van der Waals surface area (Å²) >= 11 is 1.22. The molecule has 1 N–H and O–H groups in total. The number of benzene rings is 1. The van der Waals surface area contributed by atoms with Crippen LogP contribution in [0.5, 0.6) is 0 Å². The molecule has 1 aliphatic heterocycles. The van der Waals surface area contributed by atoms with Crippen molar-refractivity contribution in [2.75, 3.05) is 13.1 Å². The molecule has 0 aliphatic carbocycles. The summed E-state index contributed by atoms with van der Waals surface area (Å²) in [5.41, 5.74) is 2.28. The van der Waals surface area contributed by atoms with E-state index in [1.807, 2.05) is 19.1 Å². The van der Waals surface area contributed by atoms with Crippen LogP contribution < -0.4 is 5.32 Å². The number of ketones is 1. The Kier molecular flexibility index (Phi) is 5.23. The molecule has 2 aromatic rings. The Labute approximate surface area is 157 Å². The van der Waals surface area contributed by atoms with E-state index in [4.69, 9.17) is 0 Å². The van der Waals surface area contributed by atoms with Crippen molar-refractivity contribution in [2.45, 2.75) is 32.7 Å². The van der Waals surface area contributed by atoms with Crippen LogP contribution in [0.2, 0.25) is 0 Å². The van der Waals surface area contributed by atoms with Gasteiger partial charge < -0.3 is 10.2 Å². The molecule has 0 saturated carbocycles. The van der Waals surface area contributed by atoms with Gasteiger partial charge in [0.2, 0.25) is 5.91 Å². The van der Waals surface area contributed by atoms with E-state index in [1.165, 1.54) is 30.7 Å². The molecule has 136 valence electrons. The van der Waals surface area contributed by atoms with Gasteiger partial charge in [-0.15, -0.1) is 11.3 Å². The number of amides is 2. The monoisotopic (exact) mass is 370 g/mol. The lowest BCUT2D eigenvalue weighted by Gasteiger charge is -2.19. The zero-order valence-electron chi connectivity index (χ0n) is 15.1. The van der Waals surface area contributed by atoms with Crippen LogP contribution in [-0.4, -0.2) is 41.6 Å². The van der Waals surface area contributed by atoms with Gasteiger partial charge in [-0.25, -0.2) is 0 Å². The second kappa shape index (κ2) is 7.41. The Morgan fingerprint density at radius 2 is 1.65 bits per heavy atom. The smallest absolute Gasteiger partial charge is 0.264 e. The second-order valence-electron chi connectivity index (χ2n) is 6.75. The molecule has 0 radical (unpaired) electrons. The number of nitrogens with zero attached hydrogens (tertiary/aromatic N) is 1. The van der Waals surface area contributed by atoms with Gasteiger partial charge in [-0.1, -0.05) is 29.8 Å². The van der Waals surface area contributed by atoms with Crippen LogP contribution in [0.4, 0.5) is 0 Å². The van der Waals surface area contributed by atoms with E-state index in [2.05, 4.69) is 17.4 Å². The molecule has 26 heavy (non-hydrogen) atoms. The predicted octanol–water partition coefficient (Wildman–Crippen LogP) is 3.00. The standard InChI is InChI=1S/C20H22N2O3S/c1-12-4-6-15(7-5-12)16-10-22(11-17(16)21-14(3)24)20(25)19-9-8-18(26-19)13(2)23/h4-9,16-17H,10-11H2,1-3H3,(H,21,24)/t16-,17+/m0/s1. The van der Waals surface area contributed by atoms with Crippen molar-refractivity contribution >= 4 is 28.9 Å². The molecule has 2 amide bonds. The highest BCUT2D eigenvalue weighted by atomic mass is 32.1. The molecule has 0 spiro atoms. The minimum atomic E-state index is -0.119. The Hall–Kier alpha value is -2.47. The summed E-state index contributed by atoms with van der Waals surface area (Å²) < 4.78 is 0. The first kappa shape index (κ1) is 18.3. The van der Waals surface area contributed by atoms with E-state index in [0.29, 0.717) is 22.8 Å². The molecule has 1 aromatic carbocycles. The summed E-state index contributed by atoms with van der Waals surface area (Å²) in [6.07, 6.45) is 0. The molecule has 0 unspecified atom stereocenters. The Morgan fingerprint density at radius 1 is 1.00 bits per heavy atom. The van der Waals surface area contributed by atoms with E-state index in [9.17, 15) is 14.4 Å². The first-order valence-electron chi connectivity index (χ1n) is 8.59. The molecular formula is C20H22N2O3S. The summed E-state index contributed by atoms with van der Waals surface area (Å²) in [5, 5.41) is 2.98. The highest BCUT2D eigenvalue weighted by Crippen LogP contribution is 2.30. The highest BCUT2D eigenvalue weighted by Gasteiger charge is 2.37. The van der Waals surface area contributed by atoms with Crippen molar-refractivity contribution in [3.05, 3.63) is 57.3 Å². The van der Waals surface area contributed by atoms with Crippen LogP contribution in [0.15, 0.2) is 36.4 Å². The summed E-state index contributed by atoms with van der Waals surface area (Å²) in [6, 6.07) is 11.5. The topological polar surface area (TPSA) is 66.5 Å². The van der Waals surface area contributed by atoms with Gasteiger partial charge in [-0.2, -0.15) is 0 Å². The van der Waals surface area contributed by atoms with Gasteiger partial charge in [0.05, 0.1) is 15.8 Å². The molecule has 2 atom stereocenters. The van der Waals surface area contributed by atoms with Crippen molar-refractivity contribution in [3.8, 4) is 0 Å². The number of likely N-dealkylation sites (tertiary alicyclic amines) is 1. The van der Waals surface area contributed by atoms with E-state index >= 15 is 0 Å². The molecule has 1 aliphatic rings. The van der Waals surface area contributed by atoms with Gasteiger partial charge in [-0.05, 0) is 31.5 Å². The average molecular weight is 370 g/mol. The number of carbonyl (C=O) groups is 3. The van der Waals surface area contributed by atoms with Crippen LogP contribution in [0.3, 0.4) is 0 Å². The molecule has 5 nitrogen and oxygen atoms in total. The summed E-state index contributed by atoms with van der Waals surface area (Å²) in [4.78, 5) is 38.8. The van der Waals surface area contributed by atoms with Gasteiger partial charge >= 0.3 is 0 Å². The fourth-order valence-corrected chi connectivity index (χ4v) is 4.20. The number of aryl methyl sites for hydroxylation is 1. The maximum Gasteiger partial charge on any atom is 0.264 e. The third-order valence-corrected chi connectivity index (χ3v) is 5.84. The van der Waals surface area contributed by atoms with Crippen molar-refractivity contribution in [2.24, 2.45) is 0 Å². The van der Waals surface area contributed by atoms with Gasteiger partial charge in [0.15, 0.2) is 5.78 Å². The molecule has 1 fully saturated rings. The van der Waals surface area contributed by atoms with Crippen LogP contribution in [-0.2, 0) is 4.79 Å². The Morgan fingerprint density at radius 3 is 2.23 bits per heavy atom. The van der Waals surface area contributed by atoms with E-state index in [0.717, 1.165) is 5.56 Å². The lowest BCUT2D eigenvalue weighted by atomic mass is 9.93. The van der Waals surface area contributed by atoms with Crippen molar-refractivity contribution in [3.63, 3.8) is 0 Å². The largest absolute Gasteiger partial charge is 0.351 e. The summed E-state index contributed by atoms with van der Waals surface area (Å²) in [6.45, 7) is 6.03. The fraction of sp³-hybridized carbons (Fsp3) is 0.350. The number of thiophene rings is 1. The maximum absolute atomic E-state index is 12.9. The molecule has 1 aromatic heterocycles. The molecule has 1 saturated heterocycles. The Balaban J connectivity index is 1.82. The van der Waals surface area contributed by atoms with E-state index in [-0.39, 0.29) is 29.6 Å². The molecule has 3 rings (SSSR count). The second-order valence-corrected chi connectivity index (χ2v) is 7.84. The van der Waals surface area contributed by atoms with Crippen LogP contribution in [0, 0.1) is 6.92 Å². The summed E-state index contributed by atoms with van der Waals surface area (Å²) in [7, 11) is 0. The minimum absolute atomic E-state index is 0.0378. The normalized spacial score (nSPS) is 19.4. The predicted molar refractivity (Wildman–Crippen MR) is 102 cm³/mol. The number of hydrogen-bond donors (Lipinski definition) is 1. The average Bonchev–Trinajstić information content (AvgIpc) is 3.22. The summed E-state index contributed by atoms with van der Waals surface area (Å²) in [5.74, 6) is -0.177. The first-order valence-corrected chi connectivity index (χ1v) is 9.40. The van der Waals surface area contributed by atoms with Crippen molar-refractivity contribution in [1.82, 2.24) is 10.2 Å². The maximum atomic E-state index is 12.9. The first-order chi connectivity index (χ1) is 12.3. The van der Waals surface area contributed by atoms with Gasteiger partial charge in [0.1, 0.15) is 0 Å². The van der Waals surface area contributed by atoms with Crippen LogP contribution in [0.1, 0.15) is 50.2 Å². The minimum Gasteiger partial charge on any atom is -0.351 e. The van der Waals surface area contributed by atoms with E-state index < -0.39 is 0 Å². The third kappa shape index (κ3) is 3.85. The molecular weight excluding hydrogens is 348 g/mol. The zero-order chi connectivity index (χ0) is 18.8. The van der Waals surface area contributed by atoms with Gasteiger partial charge in [0.25, 0.3) is 5.91 Å². The lowest BCUT2D eigenvalue weighted by molar-refractivity contribution is -0.119. The van der Waals surface area contributed by atoms with Crippen LogP contribution in [0.25, 0.3) is 0 Å². The van der Waals surface area contributed by atoms with Crippen molar-refractivity contribution in [1.29, 1.82) is 0 Å². The van der Waals surface area contributed by atoms with Gasteiger partial charge in [0, 0.05) is 25.9 Å². The number of Topliss-reactive ketones (excluding diaryl/α,β-unsaturated/α-hetero) is 1. The molecule has 0 bridgehead atoms. The number of hydrogen-bond acceptors (Lipinski definition) is 4. The third-order valence-electron chi connectivity index (χ3n) is 4.67. The Bertz CT molecular complexity index is 841. The number of rotatable bonds is 4. The van der Waals surface area contributed by atoms with Gasteiger partial charge in [-0.3, -0.25) is 14.4 Å². The quantitative estimate of drug-likeness (QED) is 0.842. The van der Waals surface area contributed by atoms with Crippen LogP contribution >= 0.6 is 11.3 Å². The molecule has 6 heteroatoms. The number of nitrogens with one attached hydrogen (secondary N) is 1. The molecule has 2 heterocycles. The fourth-order valence-electron chi connectivity index (χ4n) is 3.33. The zero-order valence-corrected chi connectivity index (χ0v) is 15.9.